The molecule has 0 amide bonds. The Hall–Kier alpha value is -6.55. The summed E-state index contributed by atoms with van der Waals surface area (Å²) in [5.41, 5.74) is 18.5. The molecule has 2 aliphatic rings. The van der Waals surface area contributed by atoms with E-state index in [9.17, 15) is 0 Å². The van der Waals surface area contributed by atoms with Crippen LogP contribution in [-0.4, -0.2) is 4.98 Å². The Labute approximate surface area is 325 Å². The van der Waals surface area contributed by atoms with Crippen LogP contribution in [0, 0.1) is 0 Å². The summed E-state index contributed by atoms with van der Waals surface area (Å²) in [5, 5.41) is 3.63. The molecule has 1 heterocycles. The Bertz CT molecular complexity index is 2910. The third-order valence-corrected chi connectivity index (χ3v) is 12.8. The van der Waals surface area contributed by atoms with E-state index < -0.39 is 0 Å². The minimum atomic E-state index is -0.0304. The number of nitrogens with zero attached hydrogens (tertiary/aromatic N) is 2. The molecule has 260 valence electrons. The minimum absolute atomic E-state index is 0.0304. The topological polar surface area (TPSA) is 16.1 Å². The van der Waals surface area contributed by atoms with Crippen molar-refractivity contribution in [3.63, 3.8) is 0 Å². The molecule has 3 heteroatoms. The molecule has 0 radical (unpaired) electrons. The summed E-state index contributed by atoms with van der Waals surface area (Å²) in [4.78, 5) is 8.80. The second-order valence-corrected chi connectivity index (χ2v) is 16.1. The number of rotatable bonds is 6. The molecule has 0 fully saturated rings. The molecular weight excluding hydrogens is 685 g/mol. The van der Waals surface area contributed by atoms with Gasteiger partial charge in [0.2, 0.25) is 0 Å². The van der Waals surface area contributed by atoms with Gasteiger partial charge in [-0.05, 0) is 92.4 Å². The van der Waals surface area contributed by atoms with Crippen molar-refractivity contribution in [1.82, 2.24) is 4.98 Å². The summed E-state index contributed by atoms with van der Waals surface area (Å²) < 4.78 is 0. The lowest BCUT2D eigenvalue weighted by atomic mass is 9.81. The molecule has 1 aromatic heterocycles. The fourth-order valence-electron chi connectivity index (χ4n) is 8.96. The van der Waals surface area contributed by atoms with E-state index in [0.29, 0.717) is 0 Å². The van der Waals surface area contributed by atoms with E-state index in [2.05, 4.69) is 201 Å². The first-order chi connectivity index (χ1) is 27.0. The highest BCUT2D eigenvalue weighted by Gasteiger charge is 2.35. The Morgan fingerprint density at radius 1 is 0.436 bits per heavy atom. The molecule has 0 aliphatic heterocycles. The number of fused-ring (bicyclic) bond motifs is 6. The van der Waals surface area contributed by atoms with Crippen molar-refractivity contribution in [3.05, 3.63) is 193 Å². The van der Waals surface area contributed by atoms with E-state index in [4.69, 9.17) is 4.98 Å². The van der Waals surface area contributed by atoms with Gasteiger partial charge in [0.1, 0.15) is 5.01 Å². The second-order valence-electron chi connectivity index (χ2n) is 15.2. The van der Waals surface area contributed by atoms with Gasteiger partial charge < -0.3 is 4.90 Å². The lowest BCUT2D eigenvalue weighted by Crippen LogP contribution is -2.14. The molecule has 2 aliphatic carbocycles. The highest BCUT2D eigenvalue weighted by molar-refractivity contribution is 7.19. The fraction of sp³-hybridized carbons (Fsp3) is 0.0577. The zero-order valence-electron chi connectivity index (χ0n) is 30.6. The summed E-state index contributed by atoms with van der Waals surface area (Å²) in [5.74, 6) is 0. The third kappa shape index (κ3) is 4.97. The molecular formula is C52H36N2S. The number of anilines is 3. The highest BCUT2D eigenvalue weighted by atomic mass is 32.1. The summed E-state index contributed by atoms with van der Waals surface area (Å²) in [7, 11) is 0. The van der Waals surface area contributed by atoms with Crippen LogP contribution in [0.1, 0.15) is 25.0 Å². The van der Waals surface area contributed by atoms with Crippen molar-refractivity contribution in [1.29, 1.82) is 0 Å². The van der Waals surface area contributed by atoms with Crippen LogP contribution in [0.15, 0.2) is 182 Å². The molecule has 0 saturated carbocycles. The van der Waals surface area contributed by atoms with Gasteiger partial charge in [0.05, 0.1) is 10.6 Å². The zero-order valence-corrected chi connectivity index (χ0v) is 31.4. The normalized spacial score (nSPS) is 13.1. The zero-order chi connectivity index (χ0) is 36.7. The van der Waals surface area contributed by atoms with Gasteiger partial charge in [-0.15, -0.1) is 11.3 Å². The van der Waals surface area contributed by atoms with Gasteiger partial charge in [0.15, 0.2) is 0 Å². The molecule has 11 rings (SSSR count). The first-order valence-electron chi connectivity index (χ1n) is 19.0. The minimum Gasteiger partial charge on any atom is -0.310 e. The predicted octanol–water partition coefficient (Wildman–Crippen LogP) is 14.7. The quantitative estimate of drug-likeness (QED) is 0.170. The molecule has 0 saturated heterocycles. The standard InChI is InChI=1S/C52H36N2S/c1-52(2)46-22-10-9-19-41(46)42-28-25-35(32-47(42)52)33-23-26-38(27-24-33)54(37-16-7-4-8-17-37)39-18-11-15-36(31-39)40-29-30-44-48-43(40)20-12-21-45(48)50-49(44)53-51(55-50)34-13-5-3-6-14-34/h3-32H,1-2H3. The number of para-hydroxylation sites is 1. The first kappa shape index (κ1) is 31.9. The number of thiazole rings is 1. The maximum atomic E-state index is 5.18. The summed E-state index contributed by atoms with van der Waals surface area (Å²) in [6.07, 6.45) is 0. The van der Waals surface area contributed by atoms with Gasteiger partial charge in [-0.2, -0.15) is 0 Å². The molecule has 55 heavy (non-hydrogen) atoms. The summed E-state index contributed by atoms with van der Waals surface area (Å²) >= 11 is 1.79. The van der Waals surface area contributed by atoms with E-state index in [-0.39, 0.29) is 5.41 Å². The Morgan fingerprint density at radius 3 is 1.89 bits per heavy atom. The lowest BCUT2D eigenvalue weighted by Gasteiger charge is -2.26. The summed E-state index contributed by atoms with van der Waals surface area (Å²) in [6.45, 7) is 4.69. The van der Waals surface area contributed by atoms with Crippen molar-refractivity contribution in [2.45, 2.75) is 19.3 Å². The second kappa shape index (κ2) is 12.2. The Morgan fingerprint density at radius 2 is 1.05 bits per heavy atom. The van der Waals surface area contributed by atoms with Gasteiger partial charge in [-0.3, -0.25) is 0 Å². The maximum Gasteiger partial charge on any atom is 0.124 e. The number of aromatic nitrogens is 1. The molecule has 0 spiro atoms. The number of hydrogen-bond donors (Lipinski definition) is 0. The average Bonchev–Trinajstić information content (AvgIpc) is 3.88. The first-order valence-corrected chi connectivity index (χ1v) is 19.8. The number of hydrogen-bond acceptors (Lipinski definition) is 3. The maximum absolute atomic E-state index is 5.18. The average molecular weight is 721 g/mol. The van der Waals surface area contributed by atoms with Gasteiger partial charge in [-0.25, -0.2) is 4.98 Å². The van der Waals surface area contributed by atoms with Gasteiger partial charge >= 0.3 is 0 Å². The van der Waals surface area contributed by atoms with E-state index in [1.165, 1.54) is 76.8 Å². The Kier molecular flexibility index (Phi) is 7.11. The van der Waals surface area contributed by atoms with Crippen molar-refractivity contribution in [3.8, 4) is 65.6 Å². The molecule has 0 bridgehead atoms. The monoisotopic (exact) mass is 720 g/mol. The highest BCUT2D eigenvalue weighted by Crippen LogP contribution is 2.53. The van der Waals surface area contributed by atoms with E-state index >= 15 is 0 Å². The molecule has 0 N–H and O–H groups in total. The van der Waals surface area contributed by atoms with Crippen LogP contribution in [0.5, 0.6) is 0 Å². The summed E-state index contributed by atoms with van der Waals surface area (Å²) in [6, 6.07) is 66.4. The fourth-order valence-corrected chi connectivity index (χ4v) is 10.1. The lowest BCUT2D eigenvalue weighted by molar-refractivity contribution is 0.660. The molecule has 8 aromatic carbocycles. The van der Waals surface area contributed by atoms with Crippen LogP contribution in [0.4, 0.5) is 17.1 Å². The van der Waals surface area contributed by atoms with E-state index in [1.54, 1.807) is 11.3 Å². The van der Waals surface area contributed by atoms with Crippen molar-refractivity contribution < 1.29 is 0 Å². The van der Waals surface area contributed by atoms with E-state index in [0.717, 1.165) is 27.8 Å². The molecule has 0 atom stereocenters. The van der Waals surface area contributed by atoms with Gasteiger partial charge in [0.25, 0.3) is 0 Å². The van der Waals surface area contributed by atoms with Crippen LogP contribution in [-0.2, 0) is 5.41 Å². The largest absolute Gasteiger partial charge is 0.310 e. The Balaban J connectivity index is 0.964. The predicted molar refractivity (Wildman–Crippen MR) is 233 cm³/mol. The van der Waals surface area contributed by atoms with Crippen LogP contribution < -0.4 is 4.90 Å². The number of benzene rings is 8. The molecule has 2 nitrogen and oxygen atoms in total. The van der Waals surface area contributed by atoms with Crippen molar-refractivity contribution in [2.24, 2.45) is 0 Å². The smallest absolute Gasteiger partial charge is 0.124 e. The van der Waals surface area contributed by atoms with Crippen LogP contribution in [0.3, 0.4) is 0 Å². The van der Waals surface area contributed by atoms with Crippen LogP contribution in [0.2, 0.25) is 0 Å². The van der Waals surface area contributed by atoms with Crippen molar-refractivity contribution in [2.75, 3.05) is 4.90 Å². The van der Waals surface area contributed by atoms with E-state index in [1.807, 2.05) is 0 Å². The van der Waals surface area contributed by atoms with Crippen molar-refractivity contribution >= 4 is 39.2 Å². The SMILES string of the molecule is CC1(C)c2ccccc2-c2ccc(-c3ccc(N(c4ccccc4)c4cccc(-c5ccc6c7c(cccc57)-c5sc(-c7ccccc7)nc5-6)c4)cc3)cc21. The van der Waals surface area contributed by atoms with Crippen LogP contribution >= 0.6 is 11.3 Å². The molecule has 9 aromatic rings. The third-order valence-electron chi connectivity index (χ3n) is 11.7. The van der Waals surface area contributed by atoms with Gasteiger partial charge in [-0.1, -0.05) is 153 Å². The van der Waals surface area contributed by atoms with Crippen LogP contribution in [0.25, 0.3) is 76.4 Å². The molecule has 0 unspecified atom stereocenters. The van der Waals surface area contributed by atoms with Gasteiger partial charge in [0, 0.05) is 44.6 Å².